The van der Waals surface area contributed by atoms with Gasteiger partial charge in [0.25, 0.3) is 0 Å². The summed E-state index contributed by atoms with van der Waals surface area (Å²) in [5, 5.41) is 0. The number of nitrogens with zero attached hydrogens (tertiary/aromatic N) is 1. The van der Waals surface area contributed by atoms with Crippen LogP contribution in [0.25, 0.3) is 11.0 Å². The van der Waals surface area contributed by atoms with Crippen LogP contribution in [0, 0.1) is 5.82 Å². The highest BCUT2D eigenvalue weighted by Gasteiger charge is 2.06. The number of alkyl halides is 1. The number of imidazole rings is 1. The van der Waals surface area contributed by atoms with Crippen LogP contribution in [0.2, 0.25) is 0 Å². The van der Waals surface area contributed by atoms with Crippen molar-refractivity contribution in [3.05, 3.63) is 29.8 Å². The van der Waals surface area contributed by atoms with Gasteiger partial charge in [-0.05, 0) is 11.6 Å². The van der Waals surface area contributed by atoms with Crippen molar-refractivity contribution in [2.24, 2.45) is 0 Å². The molecule has 4 heteroatoms. The lowest BCUT2D eigenvalue weighted by atomic mass is 10.2. The standard InChI is InChI=1S/C8H6ClFN2/c9-3-5-1-2-6(10)8-7(5)11-4-12-8/h1-2,4H,3H2,(H,11,12). The molecule has 62 valence electrons. The Labute approximate surface area is 73.4 Å². The molecule has 0 aliphatic rings. The summed E-state index contributed by atoms with van der Waals surface area (Å²) in [6, 6.07) is 3.03. The summed E-state index contributed by atoms with van der Waals surface area (Å²) < 4.78 is 13.0. The number of rotatable bonds is 1. The Morgan fingerprint density at radius 2 is 2.33 bits per heavy atom. The second kappa shape index (κ2) is 2.75. The van der Waals surface area contributed by atoms with Gasteiger partial charge in [-0.15, -0.1) is 11.6 Å². The highest BCUT2D eigenvalue weighted by atomic mass is 35.5. The molecule has 0 spiro atoms. The smallest absolute Gasteiger partial charge is 0.148 e. The fraction of sp³-hybridized carbons (Fsp3) is 0.125. The minimum atomic E-state index is -0.295. The van der Waals surface area contributed by atoms with Crippen molar-refractivity contribution >= 4 is 22.6 Å². The molecule has 0 aliphatic heterocycles. The van der Waals surface area contributed by atoms with Crippen molar-refractivity contribution in [3.63, 3.8) is 0 Å². The average molecular weight is 185 g/mol. The molecular formula is C8H6ClFN2. The number of H-pyrrole nitrogens is 1. The molecular weight excluding hydrogens is 179 g/mol. The molecule has 0 atom stereocenters. The van der Waals surface area contributed by atoms with Gasteiger partial charge in [-0.2, -0.15) is 0 Å². The molecule has 1 aromatic heterocycles. The van der Waals surface area contributed by atoms with Gasteiger partial charge < -0.3 is 4.98 Å². The highest BCUT2D eigenvalue weighted by molar-refractivity contribution is 6.17. The molecule has 1 heterocycles. The monoisotopic (exact) mass is 184 g/mol. The highest BCUT2D eigenvalue weighted by Crippen LogP contribution is 2.19. The Balaban J connectivity index is 2.82. The third-order valence-corrected chi connectivity index (χ3v) is 2.05. The van der Waals surface area contributed by atoms with Gasteiger partial charge in [0.15, 0.2) is 0 Å². The van der Waals surface area contributed by atoms with Crippen molar-refractivity contribution in [3.8, 4) is 0 Å². The van der Waals surface area contributed by atoms with Gasteiger partial charge >= 0.3 is 0 Å². The lowest BCUT2D eigenvalue weighted by Gasteiger charge is -1.96. The van der Waals surface area contributed by atoms with Crippen LogP contribution in [0.15, 0.2) is 18.5 Å². The van der Waals surface area contributed by atoms with E-state index in [1.807, 2.05) is 0 Å². The zero-order valence-electron chi connectivity index (χ0n) is 6.14. The predicted octanol–water partition coefficient (Wildman–Crippen LogP) is 2.44. The molecule has 1 N–H and O–H groups in total. The van der Waals surface area contributed by atoms with Crippen LogP contribution in [0.4, 0.5) is 4.39 Å². The Morgan fingerprint density at radius 1 is 1.50 bits per heavy atom. The zero-order valence-corrected chi connectivity index (χ0v) is 6.90. The molecule has 0 saturated heterocycles. The largest absolute Gasteiger partial charge is 0.342 e. The first-order valence-electron chi connectivity index (χ1n) is 3.49. The van der Waals surface area contributed by atoms with Crippen LogP contribution in [-0.4, -0.2) is 9.97 Å². The first kappa shape index (κ1) is 7.55. The van der Waals surface area contributed by atoms with E-state index in [4.69, 9.17) is 11.6 Å². The van der Waals surface area contributed by atoms with E-state index in [1.165, 1.54) is 12.4 Å². The number of fused-ring (bicyclic) bond motifs is 1. The number of aromatic nitrogens is 2. The minimum absolute atomic E-state index is 0.295. The summed E-state index contributed by atoms with van der Waals surface area (Å²) >= 11 is 5.64. The van der Waals surface area contributed by atoms with Crippen LogP contribution in [0.5, 0.6) is 0 Å². The number of hydrogen-bond donors (Lipinski definition) is 1. The maximum Gasteiger partial charge on any atom is 0.148 e. The first-order chi connectivity index (χ1) is 5.83. The topological polar surface area (TPSA) is 28.7 Å². The number of aromatic amines is 1. The minimum Gasteiger partial charge on any atom is -0.342 e. The van der Waals surface area contributed by atoms with Crippen molar-refractivity contribution in [2.45, 2.75) is 5.88 Å². The van der Waals surface area contributed by atoms with Crippen LogP contribution in [0.3, 0.4) is 0 Å². The van der Waals surface area contributed by atoms with Crippen LogP contribution in [-0.2, 0) is 5.88 Å². The quantitative estimate of drug-likeness (QED) is 0.678. The van der Waals surface area contributed by atoms with E-state index in [-0.39, 0.29) is 5.82 Å². The van der Waals surface area contributed by atoms with Gasteiger partial charge in [-0.1, -0.05) is 6.07 Å². The van der Waals surface area contributed by atoms with Gasteiger partial charge in [0.2, 0.25) is 0 Å². The number of benzene rings is 1. The third-order valence-electron chi connectivity index (χ3n) is 1.76. The van der Waals surface area contributed by atoms with Gasteiger partial charge in [-0.25, -0.2) is 9.37 Å². The molecule has 0 saturated carbocycles. The lowest BCUT2D eigenvalue weighted by Crippen LogP contribution is -1.84. The fourth-order valence-electron chi connectivity index (χ4n) is 1.16. The maximum atomic E-state index is 13.0. The van der Waals surface area contributed by atoms with E-state index in [2.05, 4.69) is 9.97 Å². The van der Waals surface area contributed by atoms with Gasteiger partial charge in [0.1, 0.15) is 11.3 Å². The third kappa shape index (κ3) is 0.975. The SMILES string of the molecule is Fc1ccc(CCl)c2nc[nH]c12. The Hall–Kier alpha value is -1.09. The molecule has 0 unspecified atom stereocenters. The van der Waals surface area contributed by atoms with E-state index in [0.29, 0.717) is 16.9 Å². The molecule has 0 aliphatic carbocycles. The molecule has 2 nitrogen and oxygen atoms in total. The van der Waals surface area contributed by atoms with Gasteiger partial charge in [0.05, 0.1) is 11.8 Å². The van der Waals surface area contributed by atoms with E-state index in [1.54, 1.807) is 6.07 Å². The molecule has 2 rings (SSSR count). The second-order valence-electron chi connectivity index (χ2n) is 2.47. The average Bonchev–Trinajstić information content (AvgIpc) is 2.54. The molecule has 0 amide bonds. The van der Waals surface area contributed by atoms with E-state index in [9.17, 15) is 4.39 Å². The molecule has 0 bridgehead atoms. The molecule has 0 radical (unpaired) electrons. The van der Waals surface area contributed by atoms with Crippen LogP contribution >= 0.6 is 11.6 Å². The zero-order chi connectivity index (χ0) is 8.55. The van der Waals surface area contributed by atoms with Crippen LogP contribution < -0.4 is 0 Å². The summed E-state index contributed by atoms with van der Waals surface area (Å²) in [6.45, 7) is 0. The molecule has 1 aromatic carbocycles. The Morgan fingerprint density at radius 3 is 3.08 bits per heavy atom. The van der Waals surface area contributed by atoms with Gasteiger partial charge in [-0.3, -0.25) is 0 Å². The Kier molecular flexibility index (Phi) is 1.73. The summed E-state index contributed by atoms with van der Waals surface area (Å²) in [7, 11) is 0. The summed E-state index contributed by atoms with van der Waals surface area (Å²) in [5.74, 6) is 0.0538. The number of nitrogens with one attached hydrogen (secondary N) is 1. The van der Waals surface area contributed by atoms with Gasteiger partial charge in [0, 0.05) is 5.88 Å². The van der Waals surface area contributed by atoms with Crippen molar-refractivity contribution in [1.29, 1.82) is 0 Å². The normalized spacial score (nSPS) is 10.8. The molecule has 2 aromatic rings. The van der Waals surface area contributed by atoms with Crippen molar-refractivity contribution < 1.29 is 4.39 Å². The van der Waals surface area contributed by atoms with E-state index < -0.39 is 0 Å². The lowest BCUT2D eigenvalue weighted by molar-refractivity contribution is 0.637. The Bertz CT molecular complexity index is 410. The van der Waals surface area contributed by atoms with E-state index in [0.717, 1.165) is 5.56 Å². The first-order valence-corrected chi connectivity index (χ1v) is 4.03. The summed E-state index contributed by atoms with van der Waals surface area (Å²) in [5.41, 5.74) is 1.88. The summed E-state index contributed by atoms with van der Waals surface area (Å²) in [4.78, 5) is 6.69. The maximum absolute atomic E-state index is 13.0. The van der Waals surface area contributed by atoms with E-state index >= 15 is 0 Å². The fourth-order valence-corrected chi connectivity index (χ4v) is 1.38. The van der Waals surface area contributed by atoms with Crippen LogP contribution in [0.1, 0.15) is 5.56 Å². The number of hydrogen-bond acceptors (Lipinski definition) is 1. The molecule has 0 fully saturated rings. The molecule has 12 heavy (non-hydrogen) atoms. The predicted molar refractivity (Wildman–Crippen MR) is 45.6 cm³/mol. The number of halogens is 2. The second-order valence-corrected chi connectivity index (χ2v) is 2.73. The van der Waals surface area contributed by atoms with Crippen molar-refractivity contribution in [2.75, 3.05) is 0 Å². The summed E-state index contributed by atoms with van der Waals surface area (Å²) in [6.07, 6.45) is 1.46. The van der Waals surface area contributed by atoms with Crippen molar-refractivity contribution in [1.82, 2.24) is 9.97 Å².